The van der Waals surface area contributed by atoms with Gasteiger partial charge >= 0.3 is 13.8 Å². The minimum atomic E-state index is -4.31. The average molecular weight is 847 g/mol. The molecule has 0 saturated heterocycles. The topological polar surface area (TPSA) is 91.3 Å². The molecule has 59 heavy (non-hydrogen) atoms. The van der Waals surface area contributed by atoms with Gasteiger partial charge in [-0.1, -0.05) is 176 Å². The molecule has 0 aromatic rings. The molecule has 0 amide bonds. The van der Waals surface area contributed by atoms with Crippen molar-refractivity contribution >= 4 is 13.8 Å². The van der Waals surface area contributed by atoms with Gasteiger partial charge < -0.3 is 18.9 Å². The monoisotopic (exact) mass is 847 g/mol. The molecule has 9 heteroatoms. The lowest BCUT2D eigenvalue weighted by atomic mass is 10.1. The second kappa shape index (κ2) is 42.4. The summed E-state index contributed by atoms with van der Waals surface area (Å²) in [6.07, 6.45) is 56.6. The van der Waals surface area contributed by atoms with Gasteiger partial charge in [-0.15, -0.1) is 0 Å². The largest absolute Gasteiger partial charge is 0.472 e. The predicted octanol–water partition coefficient (Wildman–Crippen LogP) is 14.1. The van der Waals surface area contributed by atoms with Crippen LogP contribution in [0.1, 0.15) is 168 Å². The van der Waals surface area contributed by atoms with E-state index in [2.05, 4.69) is 86.8 Å². The Labute approximate surface area is 363 Å². The lowest BCUT2D eigenvalue weighted by Crippen LogP contribution is -2.37. The molecule has 2 atom stereocenters. The quantitative estimate of drug-likeness (QED) is 0.0215. The molecule has 2 unspecified atom stereocenters. The van der Waals surface area contributed by atoms with Crippen molar-refractivity contribution in [3.63, 3.8) is 0 Å². The maximum absolute atomic E-state index is 12.6. The summed E-state index contributed by atoms with van der Waals surface area (Å²) in [5.41, 5.74) is 0. The number of hydrogen-bond acceptors (Lipinski definition) is 6. The fourth-order valence-corrected chi connectivity index (χ4v) is 6.63. The Morgan fingerprint density at radius 2 is 0.983 bits per heavy atom. The van der Waals surface area contributed by atoms with Crippen molar-refractivity contribution in [2.75, 3.05) is 54.1 Å². The number of carbonyl (C=O) groups is 1. The Bertz CT molecular complexity index is 1210. The highest BCUT2D eigenvalue weighted by atomic mass is 31.2. The summed E-state index contributed by atoms with van der Waals surface area (Å²) < 4.78 is 34.9. The zero-order valence-electron chi connectivity index (χ0n) is 38.5. The first-order valence-corrected chi connectivity index (χ1v) is 24.8. The molecule has 0 aromatic heterocycles. The van der Waals surface area contributed by atoms with E-state index in [-0.39, 0.29) is 26.2 Å². The van der Waals surface area contributed by atoms with Crippen molar-refractivity contribution in [1.29, 1.82) is 0 Å². The van der Waals surface area contributed by atoms with Crippen LogP contribution in [0.2, 0.25) is 0 Å². The molecule has 0 aliphatic rings. The van der Waals surface area contributed by atoms with Gasteiger partial charge in [-0.25, -0.2) is 4.57 Å². The lowest BCUT2D eigenvalue weighted by Gasteiger charge is -2.24. The van der Waals surface area contributed by atoms with Crippen LogP contribution in [0, 0.1) is 0 Å². The highest BCUT2D eigenvalue weighted by Gasteiger charge is 2.26. The number of ether oxygens (including phenoxy) is 2. The molecule has 0 aliphatic heterocycles. The summed E-state index contributed by atoms with van der Waals surface area (Å²) in [6, 6.07) is 0. The van der Waals surface area contributed by atoms with Gasteiger partial charge in [0.25, 0.3) is 0 Å². The Balaban J connectivity index is 4.28. The molecule has 8 nitrogen and oxygen atoms in total. The van der Waals surface area contributed by atoms with Crippen LogP contribution in [-0.4, -0.2) is 75.6 Å². The molecule has 0 bridgehead atoms. The van der Waals surface area contributed by atoms with Crippen molar-refractivity contribution in [2.24, 2.45) is 0 Å². The Hall–Kier alpha value is -2.32. The van der Waals surface area contributed by atoms with Gasteiger partial charge in [0, 0.05) is 6.61 Å². The molecule has 0 spiro atoms. The Morgan fingerprint density at radius 3 is 1.47 bits per heavy atom. The van der Waals surface area contributed by atoms with E-state index in [1.807, 2.05) is 27.2 Å². The van der Waals surface area contributed by atoms with E-state index >= 15 is 0 Å². The van der Waals surface area contributed by atoms with Crippen LogP contribution in [0.5, 0.6) is 0 Å². The van der Waals surface area contributed by atoms with Crippen molar-refractivity contribution < 1.29 is 37.3 Å². The van der Waals surface area contributed by atoms with Crippen LogP contribution in [0.15, 0.2) is 85.1 Å². The normalized spacial score (nSPS) is 14.5. The molecule has 0 rings (SSSR count). The molecule has 0 aliphatic carbocycles. The van der Waals surface area contributed by atoms with Crippen LogP contribution in [-0.2, 0) is 27.9 Å². The minimum Gasteiger partial charge on any atom is -0.457 e. The Morgan fingerprint density at radius 1 is 0.542 bits per heavy atom. The summed E-state index contributed by atoms with van der Waals surface area (Å²) >= 11 is 0. The summed E-state index contributed by atoms with van der Waals surface area (Å²) in [6.45, 7) is 5.34. The average Bonchev–Trinajstić information content (AvgIpc) is 3.19. The third-order valence-corrected chi connectivity index (χ3v) is 10.5. The molecule has 340 valence electrons. The molecule has 0 fully saturated rings. The van der Waals surface area contributed by atoms with E-state index < -0.39 is 19.9 Å². The molecular formula is C50H89NO7P+. The number of esters is 1. The van der Waals surface area contributed by atoms with Crippen LogP contribution in [0.25, 0.3) is 0 Å². The standard InChI is InChI=1S/C50H88NO7P/c1-6-8-10-12-14-16-18-20-22-23-24-25-26-27-28-30-32-34-36-38-40-42-45-55-47-49(48-57-59(53,54)56-46-44-51(3,4)5)58-50(52)43-41-39-37-35-33-31-29-21-19-17-15-13-11-9-7-2/h9,11,15,17-18,20-21,23-24,29,33,35,39,41,49H,6-8,10,12-14,16,19,22,25-28,30-32,34,36-38,40,42-48H2,1-5H3/p+1/b11-9-,17-15-,20-18-,24-23-,29-21-,35-33-,41-39-. The lowest BCUT2D eigenvalue weighted by molar-refractivity contribution is -0.870. The predicted molar refractivity (Wildman–Crippen MR) is 251 cm³/mol. The summed E-state index contributed by atoms with van der Waals surface area (Å²) in [5, 5.41) is 0. The van der Waals surface area contributed by atoms with E-state index in [9.17, 15) is 14.3 Å². The van der Waals surface area contributed by atoms with Crippen molar-refractivity contribution in [1.82, 2.24) is 0 Å². The number of hydrogen-bond donors (Lipinski definition) is 1. The molecule has 0 aromatic carbocycles. The Kier molecular flexibility index (Phi) is 40.7. The van der Waals surface area contributed by atoms with Gasteiger partial charge in [-0.3, -0.25) is 13.8 Å². The highest BCUT2D eigenvalue weighted by Crippen LogP contribution is 2.43. The van der Waals surface area contributed by atoms with Gasteiger partial charge in [0.1, 0.15) is 19.3 Å². The number of unbranched alkanes of at least 4 members (excludes halogenated alkanes) is 15. The third kappa shape index (κ3) is 46.6. The number of phosphoric acid groups is 1. The van der Waals surface area contributed by atoms with Gasteiger partial charge in [0.2, 0.25) is 0 Å². The first kappa shape index (κ1) is 56.7. The summed E-state index contributed by atoms with van der Waals surface area (Å²) in [5.74, 6) is -0.443. The van der Waals surface area contributed by atoms with Crippen LogP contribution in [0.3, 0.4) is 0 Å². The van der Waals surface area contributed by atoms with E-state index in [1.54, 1.807) is 6.08 Å². The van der Waals surface area contributed by atoms with E-state index in [1.165, 1.54) is 96.3 Å². The molecule has 1 N–H and O–H groups in total. The highest BCUT2D eigenvalue weighted by molar-refractivity contribution is 7.47. The first-order valence-electron chi connectivity index (χ1n) is 23.3. The fraction of sp³-hybridized carbons (Fsp3) is 0.700. The number of nitrogens with zero attached hydrogens (tertiary/aromatic N) is 1. The maximum atomic E-state index is 12.6. The third-order valence-electron chi connectivity index (χ3n) is 9.47. The van der Waals surface area contributed by atoms with Crippen molar-refractivity contribution in [3.8, 4) is 0 Å². The maximum Gasteiger partial charge on any atom is 0.472 e. The summed E-state index contributed by atoms with van der Waals surface area (Å²) in [7, 11) is 1.60. The van der Waals surface area contributed by atoms with Crippen molar-refractivity contribution in [3.05, 3.63) is 85.1 Å². The smallest absolute Gasteiger partial charge is 0.457 e. The second-order valence-corrected chi connectivity index (χ2v) is 17.9. The number of allylic oxidation sites excluding steroid dienone is 13. The van der Waals surface area contributed by atoms with Crippen LogP contribution in [0.4, 0.5) is 0 Å². The fourth-order valence-electron chi connectivity index (χ4n) is 5.89. The molecule has 0 heterocycles. The van der Waals surface area contributed by atoms with E-state index in [0.29, 0.717) is 17.6 Å². The number of rotatable bonds is 42. The summed E-state index contributed by atoms with van der Waals surface area (Å²) in [4.78, 5) is 22.8. The van der Waals surface area contributed by atoms with Crippen molar-refractivity contribution in [2.45, 2.75) is 174 Å². The SMILES string of the molecule is CC/C=C\C/C=C\C/C=C\C/C=C\C/C=C\CC(=O)OC(COCCCCCCCCCCCC/C=C\C/C=C\CCCCCCC)COP(=O)(O)OCC[N+](C)(C)C. The van der Waals surface area contributed by atoms with Crippen LogP contribution < -0.4 is 0 Å². The van der Waals surface area contributed by atoms with E-state index in [4.69, 9.17) is 18.5 Å². The molecule has 0 radical (unpaired) electrons. The zero-order chi connectivity index (χ0) is 43.4. The second-order valence-electron chi connectivity index (χ2n) is 16.4. The van der Waals surface area contributed by atoms with Gasteiger partial charge in [-0.05, 0) is 70.6 Å². The number of quaternary nitrogens is 1. The minimum absolute atomic E-state index is 0.0674. The van der Waals surface area contributed by atoms with Gasteiger partial charge in [0.15, 0.2) is 0 Å². The number of likely N-dealkylation sites (N-methyl/N-ethyl adjacent to an activating group) is 1. The number of carbonyl (C=O) groups excluding carboxylic acids is 1. The van der Waals surface area contributed by atoms with Crippen LogP contribution >= 0.6 is 7.82 Å². The molecular weight excluding hydrogens is 758 g/mol. The van der Waals surface area contributed by atoms with Gasteiger partial charge in [-0.2, -0.15) is 0 Å². The zero-order valence-corrected chi connectivity index (χ0v) is 39.4. The van der Waals surface area contributed by atoms with E-state index in [0.717, 1.165) is 51.4 Å². The first-order chi connectivity index (χ1) is 28.6. The molecule has 0 saturated carbocycles. The van der Waals surface area contributed by atoms with Gasteiger partial charge in [0.05, 0.1) is 40.8 Å². The number of phosphoric ester groups is 1.